The van der Waals surface area contributed by atoms with Crippen molar-refractivity contribution >= 4 is 18.3 Å². The monoisotopic (exact) mass is 378 g/mol. The lowest BCUT2D eigenvalue weighted by Crippen LogP contribution is -2.47. The van der Waals surface area contributed by atoms with Crippen molar-refractivity contribution in [3.05, 3.63) is 29.8 Å². The number of carbonyl (C=O) groups excluding carboxylic acids is 1. The fourth-order valence-electron chi connectivity index (χ4n) is 3.42. The number of halogens is 1. The molecule has 142 valence electrons. The van der Waals surface area contributed by atoms with Crippen LogP contribution in [0.5, 0.6) is 0 Å². The molecule has 1 heterocycles. The number of amides is 1. The minimum Gasteiger partial charge on any atom is -0.350 e. The predicted octanol–water partition coefficient (Wildman–Crippen LogP) is 2.09. The molecule has 3 rings (SSSR count). The molecule has 1 aromatic carbocycles. The molecule has 0 bridgehead atoms. The lowest BCUT2D eigenvalue weighted by molar-refractivity contribution is -0.123. The van der Waals surface area contributed by atoms with Gasteiger partial charge in [0.25, 0.3) is 0 Å². The van der Waals surface area contributed by atoms with Crippen molar-refractivity contribution in [3.63, 3.8) is 0 Å². The number of aromatic nitrogens is 4. The molecule has 26 heavy (non-hydrogen) atoms. The van der Waals surface area contributed by atoms with E-state index < -0.39 is 0 Å². The Morgan fingerprint density at radius 1 is 1.27 bits per heavy atom. The molecule has 1 fully saturated rings. The lowest BCUT2D eigenvalue weighted by Gasteiger charge is -2.29. The standard InChI is InChI=1S/C18H26N6O.ClH/c1-13-7-9-15(10-8-13)18-21-23-24(22-18)12-17(25)20-16(11-19)14-5-3-2-4-6-14;/h7-10,14,16H,2-6,11-12,19H2,1H3,(H,20,25);1H. The number of benzene rings is 1. The van der Waals surface area contributed by atoms with Gasteiger partial charge in [-0.3, -0.25) is 4.79 Å². The van der Waals surface area contributed by atoms with E-state index in [1.165, 1.54) is 29.6 Å². The third kappa shape index (κ3) is 5.25. The molecule has 1 atom stereocenters. The highest BCUT2D eigenvalue weighted by atomic mass is 35.5. The van der Waals surface area contributed by atoms with Gasteiger partial charge in [-0.2, -0.15) is 4.80 Å². The van der Waals surface area contributed by atoms with Crippen LogP contribution in [0.3, 0.4) is 0 Å². The highest BCUT2D eigenvalue weighted by Crippen LogP contribution is 2.26. The molecular formula is C18H27ClN6O. The van der Waals surface area contributed by atoms with Crippen LogP contribution < -0.4 is 11.1 Å². The van der Waals surface area contributed by atoms with E-state index >= 15 is 0 Å². The van der Waals surface area contributed by atoms with Gasteiger partial charge in [-0.15, -0.1) is 22.6 Å². The molecule has 3 N–H and O–H groups in total. The van der Waals surface area contributed by atoms with Crippen molar-refractivity contribution in [2.24, 2.45) is 11.7 Å². The molecule has 0 spiro atoms. The molecule has 2 aromatic rings. The van der Waals surface area contributed by atoms with Gasteiger partial charge >= 0.3 is 0 Å². The van der Waals surface area contributed by atoms with E-state index in [1.807, 2.05) is 31.2 Å². The molecule has 1 amide bonds. The number of hydrogen-bond donors (Lipinski definition) is 2. The fraction of sp³-hybridized carbons (Fsp3) is 0.556. The van der Waals surface area contributed by atoms with Crippen LogP contribution in [0.25, 0.3) is 11.4 Å². The fourth-order valence-corrected chi connectivity index (χ4v) is 3.42. The molecule has 7 nitrogen and oxygen atoms in total. The van der Waals surface area contributed by atoms with Crippen LogP contribution in [0.1, 0.15) is 37.7 Å². The van der Waals surface area contributed by atoms with Crippen molar-refractivity contribution in [1.29, 1.82) is 0 Å². The summed E-state index contributed by atoms with van der Waals surface area (Å²) >= 11 is 0. The van der Waals surface area contributed by atoms with Crippen LogP contribution in [0.15, 0.2) is 24.3 Å². The Labute approximate surface area is 160 Å². The minimum atomic E-state index is -0.117. The molecule has 1 unspecified atom stereocenters. The van der Waals surface area contributed by atoms with E-state index in [0.717, 1.165) is 18.4 Å². The van der Waals surface area contributed by atoms with Gasteiger partial charge in [0.15, 0.2) is 0 Å². The zero-order chi connectivity index (χ0) is 17.6. The first-order chi connectivity index (χ1) is 12.2. The largest absolute Gasteiger partial charge is 0.350 e. The number of tetrazole rings is 1. The summed E-state index contributed by atoms with van der Waals surface area (Å²) in [5.74, 6) is 0.888. The van der Waals surface area contributed by atoms with Crippen LogP contribution in [0.4, 0.5) is 0 Å². The van der Waals surface area contributed by atoms with E-state index in [1.54, 1.807) is 0 Å². The summed E-state index contributed by atoms with van der Waals surface area (Å²) in [5, 5.41) is 15.4. The Morgan fingerprint density at radius 3 is 2.62 bits per heavy atom. The van der Waals surface area contributed by atoms with Crippen molar-refractivity contribution < 1.29 is 4.79 Å². The second-order valence-electron chi connectivity index (χ2n) is 6.82. The maximum absolute atomic E-state index is 12.3. The summed E-state index contributed by atoms with van der Waals surface area (Å²) < 4.78 is 0. The topological polar surface area (TPSA) is 98.7 Å². The minimum absolute atomic E-state index is 0. The number of aryl methyl sites for hydroxylation is 1. The smallest absolute Gasteiger partial charge is 0.243 e. The molecule has 1 aliphatic rings. The van der Waals surface area contributed by atoms with E-state index in [0.29, 0.717) is 18.3 Å². The van der Waals surface area contributed by atoms with Crippen LogP contribution >= 0.6 is 12.4 Å². The normalized spacial score (nSPS) is 15.9. The average Bonchev–Trinajstić information content (AvgIpc) is 3.09. The number of nitrogens with zero attached hydrogens (tertiary/aromatic N) is 4. The third-order valence-electron chi connectivity index (χ3n) is 4.87. The third-order valence-corrected chi connectivity index (χ3v) is 4.87. The molecular weight excluding hydrogens is 352 g/mol. The summed E-state index contributed by atoms with van der Waals surface area (Å²) in [6.07, 6.45) is 6.01. The first-order valence-electron chi connectivity index (χ1n) is 9.00. The summed E-state index contributed by atoms with van der Waals surface area (Å²) in [5.41, 5.74) is 7.93. The molecule has 0 radical (unpaired) electrons. The van der Waals surface area contributed by atoms with Crippen LogP contribution in [0, 0.1) is 12.8 Å². The summed E-state index contributed by atoms with van der Waals surface area (Å²) in [4.78, 5) is 13.7. The van der Waals surface area contributed by atoms with Crippen LogP contribution in [-0.4, -0.2) is 38.7 Å². The Balaban J connectivity index is 0.00000243. The van der Waals surface area contributed by atoms with Crippen molar-refractivity contribution in [1.82, 2.24) is 25.5 Å². The maximum Gasteiger partial charge on any atom is 0.243 e. The van der Waals surface area contributed by atoms with E-state index in [2.05, 4.69) is 20.7 Å². The van der Waals surface area contributed by atoms with E-state index in [9.17, 15) is 4.79 Å². The SMILES string of the molecule is Cc1ccc(-c2nnn(CC(=O)NC(CN)C3CCCCC3)n2)cc1.Cl. The second kappa shape index (κ2) is 9.64. The van der Waals surface area contributed by atoms with Gasteiger partial charge in [0, 0.05) is 18.2 Å². The zero-order valence-electron chi connectivity index (χ0n) is 15.1. The highest BCUT2D eigenvalue weighted by molar-refractivity contribution is 5.85. The molecule has 1 aromatic heterocycles. The Kier molecular flexibility index (Phi) is 7.53. The van der Waals surface area contributed by atoms with Gasteiger partial charge < -0.3 is 11.1 Å². The molecule has 1 saturated carbocycles. The van der Waals surface area contributed by atoms with Gasteiger partial charge in [0.1, 0.15) is 6.54 Å². The van der Waals surface area contributed by atoms with Crippen molar-refractivity contribution in [3.8, 4) is 11.4 Å². The number of hydrogen-bond acceptors (Lipinski definition) is 5. The number of rotatable bonds is 6. The predicted molar refractivity (Wildman–Crippen MR) is 103 cm³/mol. The van der Waals surface area contributed by atoms with Gasteiger partial charge in [-0.1, -0.05) is 49.1 Å². The second-order valence-corrected chi connectivity index (χ2v) is 6.82. The Hall–Kier alpha value is -1.99. The van der Waals surface area contributed by atoms with Crippen molar-refractivity contribution in [2.75, 3.05) is 6.54 Å². The Bertz CT molecular complexity index is 696. The molecule has 0 aliphatic heterocycles. The van der Waals surface area contributed by atoms with E-state index in [-0.39, 0.29) is 30.9 Å². The molecule has 0 saturated heterocycles. The number of carbonyl (C=O) groups is 1. The molecule has 1 aliphatic carbocycles. The first-order valence-corrected chi connectivity index (χ1v) is 9.00. The zero-order valence-corrected chi connectivity index (χ0v) is 15.9. The Morgan fingerprint density at radius 2 is 1.96 bits per heavy atom. The molecule has 8 heteroatoms. The number of nitrogens with one attached hydrogen (secondary N) is 1. The quantitative estimate of drug-likeness (QED) is 0.801. The van der Waals surface area contributed by atoms with E-state index in [4.69, 9.17) is 5.73 Å². The number of nitrogens with two attached hydrogens (primary N) is 1. The van der Waals surface area contributed by atoms with Gasteiger partial charge in [-0.05, 0) is 30.9 Å². The summed E-state index contributed by atoms with van der Waals surface area (Å²) in [7, 11) is 0. The van der Waals surface area contributed by atoms with Crippen LogP contribution in [0.2, 0.25) is 0 Å². The maximum atomic E-state index is 12.3. The highest BCUT2D eigenvalue weighted by Gasteiger charge is 2.24. The van der Waals surface area contributed by atoms with Crippen molar-refractivity contribution in [2.45, 2.75) is 51.6 Å². The van der Waals surface area contributed by atoms with Gasteiger partial charge in [0.05, 0.1) is 0 Å². The van der Waals surface area contributed by atoms with Crippen LogP contribution in [-0.2, 0) is 11.3 Å². The lowest BCUT2D eigenvalue weighted by atomic mass is 9.84. The summed E-state index contributed by atoms with van der Waals surface area (Å²) in [6, 6.07) is 7.93. The van der Waals surface area contributed by atoms with Gasteiger partial charge in [0.2, 0.25) is 11.7 Å². The first kappa shape index (κ1) is 20.3. The average molecular weight is 379 g/mol. The van der Waals surface area contributed by atoms with Gasteiger partial charge in [-0.25, -0.2) is 0 Å². The summed E-state index contributed by atoms with van der Waals surface area (Å²) in [6.45, 7) is 2.55.